The van der Waals surface area contributed by atoms with Crippen molar-refractivity contribution >= 4 is 11.4 Å². The van der Waals surface area contributed by atoms with E-state index in [2.05, 4.69) is 66.9 Å². The minimum absolute atomic E-state index is 0. The molecule has 6 heteroatoms. The van der Waals surface area contributed by atoms with E-state index < -0.39 is 0 Å². The number of aromatic nitrogens is 3. The van der Waals surface area contributed by atoms with Crippen LogP contribution in [0.1, 0.15) is 67.7 Å². The minimum Gasteiger partial charge on any atom is -0.471 e. The van der Waals surface area contributed by atoms with Crippen molar-refractivity contribution in [2.45, 2.75) is 92.7 Å². The van der Waals surface area contributed by atoms with Gasteiger partial charge in [-0.3, -0.25) is 0 Å². The molecular weight excluding hydrogens is 422 g/mol. The van der Waals surface area contributed by atoms with Crippen LogP contribution in [0.5, 0.6) is 5.75 Å². The van der Waals surface area contributed by atoms with E-state index in [-0.39, 0.29) is 7.43 Å². The van der Waals surface area contributed by atoms with Gasteiger partial charge in [0, 0.05) is 23.7 Å². The lowest BCUT2D eigenvalue weighted by atomic mass is 10.0. The molecule has 6 nitrogen and oxygen atoms in total. The summed E-state index contributed by atoms with van der Waals surface area (Å²) in [6.45, 7) is 11.5. The van der Waals surface area contributed by atoms with Crippen molar-refractivity contribution in [3.8, 4) is 17.0 Å². The maximum absolute atomic E-state index is 6.11. The summed E-state index contributed by atoms with van der Waals surface area (Å²) in [5.74, 6) is 0.835. The van der Waals surface area contributed by atoms with Crippen molar-refractivity contribution in [1.29, 1.82) is 0 Å². The SMILES string of the molecule is C.C1CCC1.CC(C)N1c2ccc(OCn3nncc3-c3ccccc3)cc2N(C(C)C)C1C. The van der Waals surface area contributed by atoms with Crippen LogP contribution in [-0.2, 0) is 6.73 Å². The highest BCUT2D eigenvalue weighted by Gasteiger charge is 2.35. The Kier molecular flexibility index (Phi) is 8.59. The number of anilines is 2. The van der Waals surface area contributed by atoms with Crippen molar-refractivity contribution in [3.63, 3.8) is 0 Å². The van der Waals surface area contributed by atoms with Gasteiger partial charge < -0.3 is 14.5 Å². The van der Waals surface area contributed by atoms with Crippen LogP contribution in [-0.4, -0.2) is 33.2 Å². The van der Waals surface area contributed by atoms with E-state index in [1.165, 1.54) is 37.1 Å². The van der Waals surface area contributed by atoms with Gasteiger partial charge in [0.1, 0.15) is 5.75 Å². The van der Waals surface area contributed by atoms with Crippen LogP contribution in [0.3, 0.4) is 0 Å². The second kappa shape index (κ2) is 11.4. The zero-order valence-corrected chi connectivity index (χ0v) is 20.6. The van der Waals surface area contributed by atoms with Gasteiger partial charge in [0.15, 0.2) is 6.73 Å². The van der Waals surface area contributed by atoms with Crippen molar-refractivity contribution in [3.05, 3.63) is 54.7 Å². The monoisotopic (exact) mass is 463 g/mol. The molecule has 0 saturated heterocycles. The van der Waals surface area contributed by atoms with Gasteiger partial charge >= 0.3 is 0 Å². The number of hydrogen-bond donors (Lipinski definition) is 0. The molecule has 3 aromatic rings. The number of fused-ring (bicyclic) bond motifs is 1. The number of benzene rings is 2. The van der Waals surface area contributed by atoms with Gasteiger partial charge in [0.25, 0.3) is 0 Å². The van der Waals surface area contributed by atoms with E-state index in [1.54, 1.807) is 10.9 Å². The predicted octanol–water partition coefficient (Wildman–Crippen LogP) is 6.97. The standard InChI is InChI=1S/C23H29N5O.C4H8.CH4/c1-16(2)27-18(5)28(17(3)4)22-13-20(11-12-21(22)27)29-15-26-23(14-24-25-26)19-9-7-6-8-10-19;1-2-4-3-1;/h6-14,16-18H,15H2,1-5H3;1-4H2;1H4. The maximum Gasteiger partial charge on any atom is 0.183 e. The average Bonchev–Trinajstić information content (AvgIpc) is 3.32. The van der Waals surface area contributed by atoms with Crippen molar-refractivity contribution in [2.24, 2.45) is 0 Å². The van der Waals surface area contributed by atoms with Crippen LogP contribution in [0.15, 0.2) is 54.7 Å². The first-order chi connectivity index (χ1) is 16.0. The van der Waals surface area contributed by atoms with Crippen LogP contribution < -0.4 is 14.5 Å². The van der Waals surface area contributed by atoms with E-state index in [9.17, 15) is 0 Å². The summed E-state index contributed by atoms with van der Waals surface area (Å²) in [7, 11) is 0. The molecule has 1 atom stereocenters. The Hall–Kier alpha value is -3.02. The van der Waals surface area contributed by atoms with Crippen LogP contribution in [0.2, 0.25) is 0 Å². The van der Waals surface area contributed by atoms with Gasteiger partial charge in [-0.25, -0.2) is 4.68 Å². The molecule has 1 fully saturated rings. The Labute approximate surface area is 205 Å². The highest BCUT2D eigenvalue weighted by atomic mass is 16.5. The van der Waals surface area contributed by atoms with Gasteiger partial charge in [-0.15, -0.1) is 5.10 Å². The minimum atomic E-state index is 0. The lowest BCUT2D eigenvalue weighted by Gasteiger charge is -2.35. The quantitative estimate of drug-likeness (QED) is 0.395. The van der Waals surface area contributed by atoms with Gasteiger partial charge in [0.2, 0.25) is 0 Å². The Morgan fingerprint density at radius 2 is 1.50 bits per heavy atom. The summed E-state index contributed by atoms with van der Waals surface area (Å²) in [4.78, 5) is 4.91. The zero-order valence-electron chi connectivity index (χ0n) is 20.6. The molecule has 1 aliphatic carbocycles. The first-order valence-corrected chi connectivity index (χ1v) is 12.2. The fraction of sp³-hybridized carbons (Fsp3) is 0.500. The Morgan fingerprint density at radius 1 is 0.882 bits per heavy atom. The molecule has 0 radical (unpaired) electrons. The lowest BCUT2D eigenvalue weighted by molar-refractivity contribution is 0.220. The summed E-state index contributed by atoms with van der Waals surface area (Å²) < 4.78 is 7.90. The first-order valence-electron chi connectivity index (χ1n) is 12.2. The molecule has 2 aliphatic rings. The number of nitrogens with zero attached hydrogens (tertiary/aromatic N) is 5. The lowest BCUT2D eigenvalue weighted by Crippen LogP contribution is -2.47. The van der Waals surface area contributed by atoms with E-state index >= 15 is 0 Å². The molecular formula is C28H41N5O. The number of ether oxygens (including phenoxy) is 1. The fourth-order valence-corrected chi connectivity index (χ4v) is 4.55. The Bertz CT molecular complexity index is 1020. The molecule has 5 rings (SSSR count). The molecule has 0 N–H and O–H groups in total. The van der Waals surface area contributed by atoms with Crippen molar-refractivity contribution in [2.75, 3.05) is 9.80 Å². The van der Waals surface area contributed by atoms with Gasteiger partial charge in [-0.1, -0.05) is 68.7 Å². The highest BCUT2D eigenvalue weighted by Crippen LogP contribution is 2.43. The topological polar surface area (TPSA) is 46.4 Å². The molecule has 34 heavy (non-hydrogen) atoms. The van der Waals surface area contributed by atoms with Crippen molar-refractivity contribution in [1.82, 2.24) is 15.0 Å². The Balaban J connectivity index is 0.000000588. The van der Waals surface area contributed by atoms with Gasteiger partial charge in [-0.05, 0) is 46.8 Å². The third-order valence-corrected chi connectivity index (χ3v) is 6.46. The van der Waals surface area contributed by atoms with Gasteiger partial charge in [-0.2, -0.15) is 0 Å². The van der Waals surface area contributed by atoms with E-state index in [0.717, 1.165) is 17.0 Å². The normalized spacial score (nSPS) is 16.5. The van der Waals surface area contributed by atoms with Crippen LogP contribution in [0.25, 0.3) is 11.3 Å². The summed E-state index contributed by atoms with van der Waals surface area (Å²) in [6, 6.07) is 17.3. The maximum atomic E-state index is 6.11. The molecule has 2 heterocycles. The van der Waals surface area contributed by atoms with Crippen LogP contribution in [0, 0.1) is 0 Å². The van der Waals surface area contributed by atoms with Crippen LogP contribution >= 0.6 is 0 Å². The number of rotatable bonds is 6. The highest BCUT2D eigenvalue weighted by molar-refractivity contribution is 5.79. The molecule has 1 unspecified atom stereocenters. The molecule has 0 bridgehead atoms. The predicted molar refractivity (Wildman–Crippen MR) is 142 cm³/mol. The molecule has 2 aromatic carbocycles. The molecule has 1 aromatic heterocycles. The van der Waals surface area contributed by atoms with E-state index in [0.29, 0.717) is 25.0 Å². The summed E-state index contributed by atoms with van der Waals surface area (Å²) >= 11 is 0. The summed E-state index contributed by atoms with van der Waals surface area (Å²) in [5, 5.41) is 8.25. The van der Waals surface area contributed by atoms with Crippen molar-refractivity contribution < 1.29 is 4.74 Å². The fourth-order valence-electron chi connectivity index (χ4n) is 4.55. The zero-order chi connectivity index (χ0) is 23.4. The third kappa shape index (κ3) is 5.37. The van der Waals surface area contributed by atoms with E-state index in [4.69, 9.17) is 4.74 Å². The Morgan fingerprint density at radius 3 is 2.09 bits per heavy atom. The number of hydrogen-bond acceptors (Lipinski definition) is 5. The molecule has 0 spiro atoms. The second-order valence-electron chi connectivity index (χ2n) is 9.46. The molecule has 1 aliphatic heterocycles. The third-order valence-electron chi connectivity index (χ3n) is 6.46. The largest absolute Gasteiger partial charge is 0.471 e. The first kappa shape index (κ1) is 25.6. The van der Waals surface area contributed by atoms with E-state index in [1.807, 2.05) is 36.4 Å². The summed E-state index contributed by atoms with van der Waals surface area (Å²) in [6.07, 6.45) is 8.09. The second-order valence-corrected chi connectivity index (χ2v) is 9.46. The van der Waals surface area contributed by atoms with Gasteiger partial charge in [0.05, 0.1) is 29.4 Å². The molecule has 184 valence electrons. The summed E-state index contributed by atoms with van der Waals surface area (Å²) in [5.41, 5.74) is 4.50. The molecule has 0 amide bonds. The average molecular weight is 464 g/mol. The smallest absolute Gasteiger partial charge is 0.183 e. The molecule has 1 saturated carbocycles. The van der Waals surface area contributed by atoms with Crippen LogP contribution in [0.4, 0.5) is 11.4 Å².